The number of piperazine rings is 1. The summed E-state index contributed by atoms with van der Waals surface area (Å²) in [6.07, 6.45) is 0. The molecule has 0 bridgehead atoms. The van der Waals surface area contributed by atoms with Crippen LogP contribution in [0.15, 0.2) is 42.5 Å². The molecule has 2 aromatic carbocycles. The molecular weight excluding hydrogens is 438 g/mol. The van der Waals surface area contributed by atoms with Crippen molar-refractivity contribution >= 4 is 28.4 Å². The molecule has 0 unspecified atom stereocenters. The summed E-state index contributed by atoms with van der Waals surface area (Å²) in [5.41, 5.74) is 8.09. The smallest absolute Gasteiger partial charge is 0.321 e. The van der Waals surface area contributed by atoms with Crippen molar-refractivity contribution in [1.29, 1.82) is 0 Å². The van der Waals surface area contributed by atoms with Crippen molar-refractivity contribution in [2.24, 2.45) is 0 Å². The number of benzene rings is 2. The number of hydrogen-bond donors (Lipinski definition) is 1. The van der Waals surface area contributed by atoms with Crippen molar-refractivity contribution in [2.75, 3.05) is 36.4 Å². The Morgan fingerprint density at radius 1 is 0.857 bits per heavy atom. The number of carbonyl (C=O) groups excluding carboxylic acids is 1. The van der Waals surface area contributed by atoms with Gasteiger partial charge in [0.1, 0.15) is 5.52 Å². The van der Waals surface area contributed by atoms with Crippen molar-refractivity contribution in [1.82, 2.24) is 24.9 Å². The molecule has 0 spiro atoms. The van der Waals surface area contributed by atoms with Crippen LogP contribution < -0.4 is 10.2 Å². The molecule has 1 fully saturated rings. The van der Waals surface area contributed by atoms with Crippen LogP contribution in [0.2, 0.25) is 0 Å². The average molecular weight is 470 g/mol. The van der Waals surface area contributed by atoms with E-state index in [1.807, 2.05) is 42.5 Å². The number of aromatic nitrogens is 4. The molecule has 4 aromatic rings. The Morgan fingerprint density at radius 2 is 1.54 bits per heavy atom. The highest BCUT2D eigenvalue weighted by Crippen LogP contribution is 2.30. The maximum atomic E-state index is 12.9. The number of aryl methyl sites for hydroxylation is 5. The van der Waals surface area contributed by atoms with Gasteiger partial charge in [0.15, 0.2) is 5.82 Å². The normalized spacial score (nSPS) is 14.0. The predicted octanol–water partition coefficient (Wildman–Crippen LogP) is 4.71. The highest BCUT2D eigenvalue weighted by Gasteiger charge is 2.26. The molecule has 2 aromatic heterocycles. The van der Waals surface area contributed by atoms with Crippen molar-refractivity contribution in [3.8, 4) is 5.69 Å². The first kappa shape index (κ1) is 22.8. The summed E-state index contributed by atoms with van der Waals surface area (Å²) in [6.45, 7) is 12.7. The number of fused-ring (bicyclic) bond motifs is 1. The summed E-state index contributed by atoms with van der Waals surface area (Å²) < 4.78 is 1.97. The third-order valence-electron chi connectivity index (χ3n) is 6.75. The first-order chi connectivity index (χ1) is 16.8. The van der Waals surface area contributed by atoms with Gasteiger partial charge in [0.2, 0.25) is 0 Å². The molecule has 180 valence electrons. The molecule has 0 saturated carbocycles. The third-order valence-corrected chi connectivity index (χ3v) is 6.75. The van der Waals surface area contributed by atoms with Gasteiger partial charge in [-0.3, -0.25) is 0 Å². The van der Waals surface area contributed by atoms with E-state index in [4.69, 9.17) is 5.10 Å². The second-order valence-corrected chi connectivity index (χ2v) is 9.39. The van der Waals surface area contributed by atoms with Crippen molar-refractivity contribution < 1.29 is 4.79 Å². The van der Waals surface area contributed by atoms with Crippen LogP contribution in [0.1, 0.15) is 28.1 Å². The number of amides is 2. The number of nitrogens with zero attached hydrogens (tertiary/aromatic N) is 6. The van der Waals surface area contributed by atoms with Gasteiger partial charge in [-0.25, -0.2) is 9.48 Å². The topological polar surface area (TPSA) is 79.2 Å². The number of nitrogens with one attached hydrogen (secondary N) is 1. The lowest BCUT2D eigenvalue weighted by molar-refractivity contribution is 0.208. The zero-order valence-corrected chi connectivity index (χ0v) is 21.0. The molecule has 3 heterocycles. The highest BCUT2D eigenvalue weighted by molar-refractivity contribution is 5.93. The van der Waals surface area contributed by atoms with Crippen LogP contribution in [0.4, 0.5) is 16.3 Å². The number of urea groups is 1. The maximum absolute atomic E-state index is 12.9. The van der Waals surface area contributed by atoms with E-state index in [2.05, 4.69) is 64.6 Å². The second-order valence-electron chi connectivity index (χ2n) is 9.39. The minimum atomic E-state index is -0.0729. The quantitative estimate of drug-likeness (QED) is 0.470. The van der Waals surface area contributed by atoms with Gasteiger partial charge in [-0.05, 0) is 58.4 Å². The Balaban J connectivity index is 1.36. The van der Waals surface area contributed by atoms with Crippen LogP contribution in [0.3, 0.4) is 0 Å². The third kappa shape index (κ3) is 4.32. The number of rotatable bonds is 3. The van der Waals surface area contributed by atoms with E-state index < -0.39 is 0 Å². The van der Waals surface area contributed by atoms with Gasteiger partial charge < -0.3 is 15.1 Å². The molecular formula is C27H31N7O. The number of carbonyl (C=O) groups is 1. The molecule has 5 rings (SSSR count). The summed E-state index contributed by atoms with van der Waals surface area (Å²) in [5.74, 6) is 0.772. The molecule has 1 aliphatic rings. The van der Waals surface area contributed by atoms with Crippen LogP contribution in [0.5, 0.6) is 0 Å². The lowest BCUT2D eigenvalue weighted by Gasteiger charge is -2.35. The number of anilines is 2. The Labute approximate surface area is 205 Å². The molecule has 1 N–H and O–H groups in total. The zero-order valence-electron chi connectivity index (χ0n) is 21.0. The van der Waals surface area contributed by atoms with Gasteiger partial charge in [-0.15, -0.1) is 5.10 Å². The van der Waals surface area contributed by atoms with E-state index in [-0.39, 0.29) is 6.03 Å². The van der Waals surface area contributed by atoms with E-state index in [0.29, 0.717) is 26.2 Å². The second kappa shape index (κ2) is 9.02. The van der Waals surface area contributed by atoms with Gasteiger partial charge >= 0.3 is 6.03 Å². The van der Waals surface area contributed by atoms with Crippen LogP contribution in [0.25, 0.3) is 16.6 Å². The molecule has 0 radical (unpaired) electrons. The zero-order chi connectivity index (χ0) is 24.7. The van der Waals surface area contributed by atoms with Gasteiger partial charge in [-0.1, -0.05) is 35.4 Å². The Kier molecular flexibility index (Phi) is 5.88. The van der Waals surface area contributed by atoms with E-state index in [0.717, 1.165) is 45.0 Å². The van der Waals surface area contributed by atoms with Gasteiger partial charge in [0.25, 0.3) is 0 Å². The maximum Gasteiger partial charge on any atom is 0.321 e. The molecule has 1 saturated heterocycles. The van der Waals surface area contributed by atoms with E-state index >= 15 is 0 Å². The Bertz CT molecular complexity index is 1400. The van der Waals surface area contributed by atoms with Crippen molar-refractivity contribution in [3.63, 3.8) is 0 Å². The SMILES string of the molecule is Cc1ccc(-n2nc3c(N4CCN(C(=O)Nc5ccc(C)cc5C)CC4)nnc(C)c3c2C)cc1. The fourth-order valence-electron chi connectivity index (χ4n) is 4.73. The molecule has 2 amide bonds. The largest absolute Gasteiger partial charge is 0.350 e. The predicted molar refractivity (Wildman–Crippen MR) is 140 cm³/mol. The van der Waals surface area contributed by atoms with Gasteiger partial charge in [-0.2, -0.15) is 10.2 Å². The summed E-state index contributed by atoms with van der Waals surface area (Å²) in [6, 6.07) is 14.3. The molecule has 35 heavy (non-hydrogen) atoms. The van der Waals surface area contributed by atoms with E-state index in [1.54, 1.807) is 0 Å². The van der Waals surface area contributed by atoms with Crippen molar-refractivity contribution in [2.45, 2.75) is 34.6 Å². The first-order valence-electron chi connectivity index (χ1n) is 12.0. The molecule has 8 heteroatoms. The molecule has 0 atom stereocenters. The molecule has 8 nitrogen and oxygen atoms in total. The highest BCUT2D eigenvalue weighted by atomic mass is 16.2. The van der Waals surface area contributed by atoms with Crippen molar-refractivity contribution in [3.05, 3.63) is 70.5 Å². The summed E-state index contributed by atoms with van der Waals surface area (Å²) in [7, 11) is 0. The fraction of sp³-hybridized carbons (Fsp3) is 0.333. The van der Waals surface area contributed by atoms with E-state index in [1.165, 1.54) is 11.1 Å². The summed E-state index contributed by atoms with van der Waals surface area (Å²) >= 11 is 0. The fourth-order valence-corrected chi connectivity index (χ4v) is 4.73. The van der Waals surface area contributed by atoms with Crippen LogP contribution >= 0.6 is 0 Å². The molecule has 0 aliphatic carbocycles. The molecule has 1 aliphatic heterocycles. The van der Waals surface area contributed by atoms with Gasteiger partial charge in [0.05, 0.1) is 22.5 Å². The summed E-state index contributed by atoms with van der Waals surface area (Å²) in [5, 5.41) is 18.0. The average Bonchev–Trinajstić information content (AvgIpc) is 3.19. The monoisotopic (exact) mass is 469 g/mol. The first-order valence-corrected chi connectivity index (χ1v) is 12.0. The number of hydrogen-bond acceptors (Lipinski definition) is 5. The van der Waals surface area contributed by atoms with E-state index in [9.17, 15) is 4.79 Å². The standard InChI is InChI=1S/C27H31N7O/c1-17-6-9-22(10-7-17)34-21(5)24-20(4)29-30-26(25(24)31-34)32-12-14-33(15-13-32)27(35)28-23-11-8-18(2)16-19(23)3/h6-11,16H,12-15H2,1-5H3,(H,28,35). The Hall–Kier alpha value is -3.94. The van der Waals surface area contributed by atoms with Gasteiger partial charge in [0, 0.05) is 31.9 Å². The Morgan fingerprint density at radius 3 is 2.23 bits per heavy atom. The lowest BCUT2D eigenvalue weighted by atomic mass is 10.1. The van der Waals surface area contributed by atoms with Crippen LogP contribution in [-0.4, -0.2) is 57.1 Å². The lowest BCUT2D eigenvalue weighted by Crippen LogP contribution is -2.50. The minimum absolute atomic E-state index is 0.0729. The summed E-state index contributed by atoms with van der Waals surface area (Å²) in [4.78, 5) is 16.9. The van der Waals surface area contributed by atoms with Crippen LogP contribution in [0, 0.1) is 34.6 Å². The minimum Gasteiger partial charge on any atom is -0.350 e. The van der Waals surface area contributed by atoms with Crippen LogP contribution in [-0.2, 0) is 0 Å².